The fraction of sp³-hybridized carbons (Fsp3) is 0.429. The zero-order valence-corrected chi connectivity index (χ0v) is 22.1. The maximum atomic E-state index is 15.0. The number of aromatic nitrogens is 5. The largest absolute Gasteiger partial charge is 0.388 e. The fourth-order valence-electron chi connectivity index (χ4n) is 5.31. The molecule has 200 valence electrons. The number of anilines is 2. The van der Waals surface area contributed by atoms with Gasteiger partial charge >= 0.3 is 0 Å². The molecule has 0 aliphatic carbocycles. The zero-order chi connectivity index (χ0) is 27.0. The first-order valence-corrected chi connectivity index (χ1v) is 13.1. The molecule has 0 spiro atoms. The molecule has 38 heavy (non-hydrogen) atoms. The van der Waals surface area contributed by atoms with Gasteiger partial charge in [0.15, 0.2) is 11.6 Å². The minimum absolute atomic E-state index is 0.0251. The third kappa shape index (κ3) is 5.10. The normalized spacial score (nSPS) is 15.9. The van der Waals surface area contributed by atoms with E-state index in [0.717, 1.165) is 44.2 Å². The number of likely N-dealkylation sites (tertiary alicyclic amines) is 1. The monoisotopic (exact) mass is 521 g/mol. The van der Waals surface area contributed by atoms with E-state index < -0.39 is 17.7 Å². The molecule has 0 bridgehead atoms. The highest BCUT2D eigenvalue weighted by molar-refractivity contribution is 5.83. The number of hydrogen-bond donors (Lipinski definition) is 2. The highest BCUT2D eigenvalue weighted by Gasteiger charge is 2.26. The van der Waals surface area contributed by atoms with Gasteiger partial charge in [-0.3, -0.25) is 0 Å². The van der Waals surface area contributed by atoms with E-state index in [-0.39, 0.29) is 29.1 Å². The van der Waals surface area contributed by atoms with Crippen LogP contribution in [0, 0.1) is 24.5 Å². The molecule has 1 aromatic carbocycles. The van der Waals surface area contributed by atoms with Crippen LogP contribution in [0.3, 0.4) is 0 Å². The van der Waals surface area contributed by atoms with Crippen molar-refractivity contribution in [2.75, 3.05) is 25.0 Å². The number of aliphatic hydroxyl groups is 1. The summed E-state index contributed by atoms with van der Waals surface area (Å²) in [5, 5.41) is 13.8. The summed E-state index contributed by atoms with van der Waals surface area (Å²) in [5.74, 6) is 0.265. The van der Waals surface area contributed by atoms with Gasteiger partial charge in [0.05, 0.1) is 17.8 Å². The second-order valence-electron chi connectivity index (χ2n) is 10.2. The number of rotatable bonds is 7. The number of halogens is 2. The molecule has 5 rings (SSSR count). The Balaban J connectivity index is 1.37. The van der Waals surface area contributed by atoms with Crippen LogP contribution in [0.2, 0.25) is 0 Å². The number of fused-ring (bicyclic) bond motifs is 1. The molecule has 1 aliphatic heterocycles. The van der Waals surface area contributed by atoms with Crippen LogP contribution < -0.4 is 5.32 Å². The molecule has 4 aromatic rings. The van der Waals surface area contributed by atoms with E-state index in [2.05, 4.69) is 37.1 Å². The lowest BCUT2D eigenvalue weighted by molar-refractivity contribution is 0.0602. The first kappa shape index (κ1) is 26.1. The van der Waals surface area contributed by atoms with Crippen LogP contribution in [0.4, 0.5) is 20.5 Å². The number of aryl methyl sites for hydroxylation is 1. The third-order valence-electron chi connectivity index (χ3n) is 7.35. The summed E-state index contributed by atoms with van der Waals surface area (Å²) in [6.45, 7) is 11.0. The van der Waals surface area contributed by atoms with Crippen molar-refractivity contribution in [3.05, 3.63) is 59.7 Å². The van der Waals surface area contributed by atoms with Crippen LogP contribution in [-0.2, 0) is 0 Å². The molecule has 10 heteroatoms. The molecular formula is C28H33F2N7O. The van der Waals surface area contributed by atoms with Crippen molar-refractivity contribution in [3.8, 4) is 11.3 Å². The lowest BCUT2D eigenvalue weighted by Crippen LogP contribution is -2.35. The Labute approximate surface area is 220 Å². The van der Waals surface area contributed by atoms with Crippen LogP contribution in [0.15, 0.2) is 36.7 Å². The number of benzene rings is 1. The second-order valence-corrected chi connectivity index (χ2v) is 10.2. The van der Waals surface area contributed by atoms with Crippen LogP contribution in [0.1, 0.15) is 57.1 Å². The Morgan fingerprint density at radius 3 is 2.47 bits per heavy atom. The van der Waals surface area contributed by atoms with E-state index in [1.807, 2.05) is 31.4 Å². The number of pyridine rings is 1. The Kier molecular flexibility index (Phi) is 7.36. The molecular weight excluding hydrogens is 488 g/mol. The van der Waals surface area contributed by atoms with Gasteiger partial charge in [0.2, 0.25) is 5.95 Å². The smallest absolute Gasteiger partial charge is 0.229 e. The Bertz CT molecular complexity index is 1430. The van der Waals surface area contributed by atoms with E-state index in [4.69, 9.17) is 0 Å². The van der Waals surface area contributed by atoms with E-state index in [9.17, 15) is 13.9 Å². The quantitative estimate of drug-likeness (QED) is 0.329. The van der Waals surface area contributed by atoms with Gasteiger partial charge in [-0.2, -0.15) is 0 Å². The molecule has 1 saturated heterocycles. The summed E-state index contributed by atoms with van der Waals surface area (Å²) >= 11 is 0. The van der Waals surface area contributed by atoms with Gasteiger partial charge in [0, 0.05) is 17.8 Å². The first-order valence-electron chi connectivity index (χ1n) is 13.1. The Morgan fingerprint density at radius 1 is 1.05 bits per heavy atom. The van der Waals surface area contributed by atoms with Gasteiger partial charge in [-0.1, -0.05) is 13.0 Å². The highest BCUT2D eigenvalue weighted by atomic mass is 19.1. The summed E-state index contributed by atoms with van der Waals surface area (Å²) in [7, 11) is 0. The number of nitrogens with zero attached hydrogens (tertiary/aromatic N) is 6. The Hall–Kier alpha value is -3.50. The van der Waals surface area contributed by atoms with Gasteiger partial charge in [-0.15, -0.1) is 0 Å². The second kappa shape index (κ2) is 10.7. The van der Waals surface area contributed by atoms with Crippen LogP contribution in [0.25, 0.3) is 22.3 Å². The SMILES string of the molecule is CCN1CCC(C(O)c2ccc(Nc3ncc(F)c(-c4cc(F)c5nc(C)n(C(C)C)c5c4)n3)nc2)CC1. The molecule has 1 atom stereocenters. The third-order valence-corrected chi connectivity index (χ3v) is 7.35. The maximum Gasteiger partial charge on any atom is 0.229 e. The van der Waals surface area contributed by atoms with Crippen LogP contribution in [-0.4, -0.2) is 54.1 Å². The summed E-state index contributed by atoms with van der Waals surface area (Å²) in [4.78, 5) is 19.5. The molecule has 4 heterocycles. The zero-order valence-electron chi connectivity index (χ0n) is 22.1. The fourth-order valence-corrected chi connectivity index (χ4v) is 5.31. The van der Waals surface area contributed by atoms with Gasteiger partial charge < -0.3 is 19.9 Å². The van der Waals surface area contributed by atoms with E-state index >= 15 is 0 Å². The van der Waals surface area contributed by atoms with Gasteiger partial charge in [0.1, 0.15) is 22.9 Å². The van der Waals surface area contributed by atoms with E-state index in [1.54, 1.807) is 18.3 Å². The lowest BCUT2D eigenvalue weighted by Gasteiger charge is -2.33. The summed E-state index contributed by atoms with van der Waals surface area (Å²) in [5.41, 5.74) is 1.85. The van der Waals surface area contributed by atoms with Crippen molar-refractivity contribution in [2.45, 2.75) is 52.7 Å². The van der Waals surface area contributed by atoms with Crippen molar-refractivity contribution in [1.82, 2.24) is 29.4 Å². The summed E-state index contributed by atoms with van der Waals surface area (Å²) in [6.07, 6.45) is 4.02. The summed E-state index contributed by atoms with van der Waals surface area (Å²) < 4.78 is 31.7. The minimum atomic E-state index is -0.665. The molecule has 1 unspecified atom stereocenters. The number of aliphatic hydroxyl groups excluding tert-OH is 1. The van der Waals surface area contributed by atoms with Gasteiger partial charge in [0.25, 0.3) is 0 Å². The van der Waals surface area contributed by atoms with Crippen LogP contribution in [0.5, 0.6) is 0 Å². The lowest BCUT2D eigenvalue weighted by atomic mass is 9.88. The molecule has 0 radical (unpaired) electrons. The summed E-state index contributed by atoms with van der Waals surface area (Å²) in [6, 6.07) is 6.57. The van der Waals surface area contributed by atoms with Crippen molar-refractivity contribution in [3.63, 3.8) is 0 Å². The molecule has 2 N–H and O–H groups in total. The van der Waals surface area contributed by atoms with E-state index in [0.29, 0.717) is 22.7 Å². The van der Waals surface area contributed by atoms with Crippen LogP contribution >= 0.6 is 0 Å². The molecule has 8 nitrogen and oxygen atoms in total. The minimum Gasteiger partial charge on any atom is -0.388 e. The first-order chi connectivity index (χ1) is 18.2. The predicted molar refractivity (Wildman–Crippen MR) is 143 cm³/mol. The number of piperidine rings is 1. The average Bonchev–Trinajstić information content (AvgIpc) is 3.26. The number of imidazole rings is 1. The van der Waals surface area contributed by atoms with Crippen molar-refractivity contribution >= 4 is 22.8 Å². The van der Waals surface area contributed by atoms with Gasteiger partial charge in [-0.05, 0) is 82.9 Å². The molecule has 3 aromatic heterocycles. The molecule has 0 saturated carbocycles. The predicted octanol–water partition coefficient (Wildman–Crippen LogP) is 5.56. The van der Waals surface area contributed by atoms with Gasteiger partial charge in [-0.25, -0.2) is 28.7 Å². The maximum absolute atomic E-state index is 15.0. The Morgan fingerprint density at radius 2 is 1.82 bits per heavy atom. The molecule has 0 amide bonds. The van der Waals surface area contributed by atoms with Crippen molar-refractivity contribution < 1.29 is 13.9 Å². The highest BCUT2D eigenvalue weighted by Crippen LogP contribution is 2.32. The molecule has 1 aliphatic rings. The number of nitrogens with one attached hydrogen (secondary N) is 1. The number of hydrogen-bond acceptors (Lipinski definition) is 7. The average molecular weight is 522 g/mol. The standard InChI is InChI=1S/C28H33F2N7O/c1-5-36-10-8-18(9-11-36)27(38)19-6-7-24(31-14-19)34-28-32-15-22(30)25(35-28)20-12-21(29)26-23(13-20)37(16(2)3)17(4)33-26/h6-7,12-16,18,27,38H,5,8-11H2,1-4H3,(H,31,32,34,35). The topological polar surface area (TPSA) is 92.0 Å². The van der Waals surface area contributed by atoms with E-state index in [1.165, 1.54) is 6.07 Å². The van der Waals surface area contributed by atoms with Crippen molar-refractivity contribution in [1.29, 1.82) is 0 Å². The van der Waals surface area contributed by atoms with Crippen molar-refractivity contribution in [2.24, 2.45) is 5.92 Å². The molecule has 1 fully saturated rings.